The molecule has 0 fully saturated rings. The Morgan fingerprint density at radius 1 is 1.32 bits per heavy atom. The fraction of sp³-hybridized carbons (Fsp3) is 0.455. The third kappa shape index (κ3) is 4.27. The zero-order chi connectivity index (χ0) is 14.4. The van der Waals surface area contributed by atoms with Crippen LogP contribution in [0.25, 0.3) is 0 Å². The van der Waals surface area contributed by atoms with E-state index < -0.39 is 30.0 Å². The molecule has 0 aliphatic rings. The molecule has 1 aromatic heterocycles. The zero-order valence-corrected chi connectivity index (χ0v) is 10.2. The highest BCUT2D eigenvalue weighted by Gasteiger charge is 2.23. The van der Waals surface area contributed by atoms with Crippen LogP contribution < -0.4 is 0 Å². The highest BCUT2D eigenvalue weighted by atomic mass is 16.5. The smallest absolute Gasteiger partial charge is 0.373 e. The molecule has 2 atom stereocenters. The minimum atomic E-state index is -1.40. The maximum atomic E-state index is 11.1. The predicted molar refractivity (Wildman–Crippen MR) is 61.2 cm³/mol. The summed E-state index contributed by atoms with van der Waals surface area (Å²) in [7, 11) is 0. The third-order valence-corrected chi connectivity index (χ3v) is 2.25. The van der Waals surface area contributed by atoms with E-state index in [-0.39, 0.29) is 18.6 Å². The van der Waals surface area contributed by atoms with Crippen molar-refractivity contribution in [1.82, 2.24) is 9.97 Å². The molecule has 0 spiro atoms. The number of rotatable bonds is 6. The average Bonchev–Trinajstić information content (AvgIpc) is 2.38. The molecule has 0 radical (unpaired) electrons. The summed E-state index contributed by atoms with van der Waals surface area (Å²) < 4.78 is 4.63. The second-order valence-electron chi connectivity index (χ2n) is 3.67. The standard InChI is InChI=1S/C11H14N2O6/c1-2-19-8(15)3-7(14)9(16)6-4-12-10(11(17)18)13-5-6/h4-5,7,9,14,16H,2-3H2,1H3,(H,17,18). The van der Waals surface area contributed by atoms with Gasteiger partial charge in [0.05, 0.1) is 19.1 Å². The van der Waals surface area contributed by atoms with Gasteiger partial charge in [-0.05, 0) is 6.92 Å². The van der Waals surface area contributed by atoms with Crippen LogP contribution in [0.3, 0.4) is 0 Å². The minimum Gasteiger partial charge on any atom is -0.475 e. The van der Waals surface area contributed by atoms with Gasteiger partial charge in [-0.2, -0.15) is 0 Å². The molecule has 0 saturated carbocycles. The highest BCUT2D eigenvalue weighted by Crippen LogP contribution is 2.17. The van der Waals surface area contributed by atoms with Gasteiger partial charge in [-0.3, -0.25) is 4.79 Å². The lowest BCUT2D eigenvalue weighted by atomic mass is 10.1. The van der Waals surface area contributed by atoms with Gasteiger partial charge in [0.25, 0.3) is 0 Å². The molecule has 104 valence electrons. The number of nitrogens with zero attached hydrogens (tertiary/aromatic N) is 2. The molecule has 1 rings (SSSR count). The van der Waals surface area contributed by atoms with Gasteiger partial charge in [0.2, 0.25) is 5.82 Å². The van der Waals surface area contributed by atoms with Gasteiger partial charge in [-0.15, -0.1) is 0 Å². The van der Waals surface area contributed by atoms with Crippen LogP contribution in [0.15, 0.2) is 12.4 Å². The first-order chi connectivity index (χ1) is 8.95. The van der Waals surface area contributed by atoms with E-state index in [2.05, 4.69) is 14.7 Å². The summed E-state index contributed by atoms with van der Waals surface area (Å²) in [5.41, 5.74) is 0.113. The maximum absolute atomic E-state index is 11.1. The minimum absolute atomic E-state index is 0.113. The van der Waals surface area contributed by atoms with Gasteiger partial charge < -0.3 is 20.1 Å². The first-order valence-corrected chi connectivity index (χ1v) is 5.52. The Morgan fingerprint density at radius 2 is 1.89 bits per heavy atom. The Morgan fingerprint density at radius 3 is 2.37 bits per heavy atom. The third-order valence-electron chi connectivity index (χ3n) is 2.25. The van der Waals surface area contributed by atoms with E-state index >= 15 is 0 Å². The SMILES string of the molecule is CCOC(=O)CC(O)C(O)c1cnc(C(=O)O)nc1. The van der Waals surface area contributed by atoms with E-state index in [1.54, 1.807) is 6.92 Å². The quantitative estimate of drug-likeness (QED) is 0.591. The molecule has 1 aromatic rings. The Bertz CT molecular complexity index is 447. The molecule has 0 bridgehead atoms. The zero-order valence-electron chi connectivity index (χ0n) is 10.2. The lowest BCUT2D eigenvalue weighted by molar-refractivity contribution is -0.147. The number of hydrogen-bond acceptors (Lipinski definition) is 7. The van der Waals surface area contributed by atoms with Gasteiger partial charge >= 0.3 is 11.9 Å². The number of hydrogen-bond donors (Lipinski definition) is 3. The van der Waals surface area contributed by atoms with E-state index in [1.165, 1.54) is 0 Å². The van der Waals surface area contributed by atoms with Gasteiger partial charge in [0, 0.05) is 18.0 Å². The van der Waals surface area contributed by atoms with E-state index in [0.29, 0.717) is 0 Å². The monoisotopic (exact) mass is 270 g/mol. The van der Waals surface area contributed by atoms with Crippen LogP contribution in [-0.2, 0) is 9.53 Å². The molecule has 0 amide bonds. The van der Waals surface area contributed by atoms with Crippen molar-refractivity contribution in [3.8, 4) is 0 Å². The van der Waals surface area contributed by atoms with Crippen molar-refractivity contribution < 1.29 is 29.6 Å². The fourth-order valence-corrected chi connectivity index (χ4v) is 1.33. The number of carbonyl (C=O) groups excluding carboxylic acids is 1. The molecular weight excluding hydrogens is 256 g/mol. The molecule has 1 heterocycles. The maximum Gasteiger partial charge on any atom is 0.373 e. The van der Waals surface area contributed by atoms with Gasteiger partial charge in [-0.1, -0.05) is 0 Å². The molecule has 2 unspecified atom stereocenters. The molecule has 0 aliphatic carbocycles. The van der Waals surface area contributed by atoms with Crippen LogP contribution in [0.1, 0.15) is 35.6 Å². The second kappa shape index (κ2) is 6.76. The Kier molecular flexibility index (Phi) is 5.34. The first kappa shape index (κ1) is 15.0. The number of carboxylic acids is 1. The molecule has 8 heteroatoms. The lowest BCUT2D eigenvalue weighted by Gasteiger charge is -2.16. The number of aromatic carboxylic acids is 1. The van der Waals surface area contributed by atoms with Crippen molar-refractivity contribution in [2.45, 2.75) is 25.6 Å². The Balaban J connectivity index is 2.68. The number of aliphatic hydroxyl groups is 2. The van der Waals surface area contributed by atoms with Crippen molar-refractivity contribution in [2.75, 3.05) is 6.61 Å². The van der Waals surface area contributed by atoms with Gasteiger partial charge in [-0.25, -0.2) is 14.8 Å². The van der Waals surface area contributed by atoms with Crippen LogP contribution in [-0.4, -0.2) is 49.9 Å². The molecule has 19 heavy (non-hydrogen) atoms. The molecule has 0 saturated heterocycles. The van der Waals surface area contributed by atoms with Crippen molar-refractivity contribution >= 4 is 11.9 Å². The molecule has 8 nitrogen and oxygen atoms in total. The summed E-state index contributed by atoms with van der Waals surface area (Å²) in [6.45, 7) is 1.80. The molecule has 0 aromatic carbocycles. The summed E-state index contributed by atoms with van der Waals surface area (Å²) in [6, 6.07) is 0. The number of ether oxygens (including phenoxy) is 1. The average molecular weight is 270 g/mol. The van der Waals surface area contributed by atoms with Crippen molar-refractivity contribution in [3.63, 3.8) is 0 Å². The number of carbonyl (C=O) groups is 2. The Hall–Kier alpha value is -2.06. The molecule has 0 aliphatic heterocycles. The number of aliphatic hydroxyl groups excluding tert-OH is 2. The lowest BCUT2D eigenvalue weighted by Crippen LogP contribution is -2.23. The van der Waals surface area contributed by atoms with E-state index in [1.807, 2.05) is 0 Å². The number of carboxylic acid groups (broad SMARTS) is 1. The normalized spacial score (nSPS) is 13.6. The van der Waals surface area contributed by atoms with Crippen LogP contribution in [0.2, 0.25) is 0 Å². The van der Waals surface area contributed by atoms with E-state index in [0.717, 1.165) is 12.4 Å². The predicted octanol–water partition coefficient (Wildman–Crippen LogP) is -0.478. The summed E-state index contributed by atoms with van der Waals surface area (Å²) in [6.07, 6.45) is -0.994. The largest absolute Gasteiger partial charge is 0.475 e. The first-order valence-electron chi connectivity index (χ1n) is 5.52. The van der Waals surface area contributed by atoms with Crippen molar-refractivity contribution in [3.05, 3.63) is 23.8 Å². The van der Waals surface area contributed by atoms with Gasteiger partial charge in [0.15, 0.2) is 0 Å². The van der Waals surface area contributed by atoms with Crippen molar-refractivity contribution in [2.24, 2.45) is 0 Å². The van der Waals surface area contributed by atoms with E-state index in [9.17, 15) is 19.8 Å². The van der Waals surface area contributed by atoms with Crippen LogP contribution in [0, 0.1) is 0 Å². The number of aromatic nitrogens is 2. The van der Waals surface area contributed by atoms with Crippen LogP contribution in [0.4, 0.5) is 0 Å². The summed E-state index contributed by atoms with van der Waals surface area (Å²) in [4.78, 5) is 28.7. The Labute approximate surface area is 108 Å². The van der Waals surface area contributed by atoms with Gasteiger partial charge in [0.1, 0.15) is 6.10 Å². The topological polar surface area (TPSA) is 130 Å². The van der Waals surface area contributed by atoms with Crippen LogP contribution in [0.5, 0.6) is 0 Å². The molecular formula is C11H14N2O6. The highest BCUT2D eigenvalue weighted by molar-refractivity contribution is 5.82. The summed E-state index contributed by atoms with van der Waals surface area (Å²) in [5, 5.41) is 28.0. The number of esters is 1. The molecule has 3 N–H and O–H groups in total. The van der Waals surface area contributed by atoms with Crippen molar-refractivity contribution in [1.29, 1.82) is 0 Å². The summed E-state index contributed by atoms with van der Waals surface area (Å²) in [5.74, 6) is -2.36. The fourth-order valence-electron chi connectivity index (χ4n) is 1.33. The van der Waals surface area contributed by atoms with Crippen LogP contribution >= 0.6 is 0 Å². The second-order valence-corrected chi connectivity index (χ2v) is 3.67. The summed E-state index contributed by atoms with van der Waals surface area (Å²) >= 11 is 0. The van der Waals surface area contributed by atoms with E-state index in [4.69, 9.17) is 5.11 Å².